The third-order valence-electron chi connectivity index (χ3n) is 5.65. The molecule has 2 amide bonds. The standard InChI is InChI=1S/C29H26N2O2/c1-20-8-12-22(13-9-20)26-6-4-5-7-27(26)28(32)30-24-16-14-23(15-17-24)29(33)31(3)25-18-10-21(2)11-19-25/h4-19H,1-3H3,(H,30,32). The van der Waals surface area contributed by atoms with E-state index in [2.05, 4.69) is 5.32 Å². The third kappa shape index (κ3) is 5.01. The first kappa shape index (κ1) is 22.0. The van der Waals surface area contributed by atoms with E-state index in [4.69, 9.17) is 0 Å². The topological polar surface area (TPSA) is 49.4 Å². The van der Waals surface area contributed by atoms with Gasteiger partial charge in [0.2, 0.25) is 0 Å². The minimum Gasteiger partial charge on any atom is -0.322 e. The van der Waals surface area contributed by atoms with Gasteiger partial charge < -0.3 is 10.2 Å². The number of benzene rings is 4. The summed E-state index contributed by atoms with van der Waals surface area (Å²) in [5, 5.41) is 2.95. The molecule has 4 nitrogen and oxygen atoms in total. The number of hydrogen-bond donors (Lipinski definition) is 1. The van der Waals surface area contributed by atoms with Gasteiger partial charge in [-0.2, -0.15) is 0 Å². The molecule has 0 unspecified atom stereocenters. The minimum absolute atomic E-state index is 0.110. The lowest BCUT2D eigenvalue weighted by Gasteiger charge is -2.18. The van der Waals surface area contributed by atoms with Crippen molar-refractivity contribution in [1.29, 1.82) is 0 Å². The monoisotopic (exact) mass is 434 g/mol. The first-order valence-corrected chi connectivity index (χ1v) is 10.8. The molecule has 4 heteroatoms. The van der Waals surface area contributed by atoms with Crippen molar-refractivity contribution in [2.75, 3.05) is 17.3 Å². The van der Waals surface area contributed by atoms with E-state index in [-0.39, 0.29) is 11.8 Å². The number of amides is 2. The zero-order chi connectivity index (χ0) is 23.4. The van der Waals surface area contributed by atoms with Gasteiger partial charge in [0, 0.05) is 29.5 Å². The van der Waals surface area contributed by atoms with Gasteiger partial charge in [-0.15, -0.1) is 0 Å². The number of rotatable bonds is 5. The predicted molar refractivity (Wildman–Crippen MR) is 135 cm³/mol. The van der Waals surface area contributed by atoms with E-state index < -0.39 is 0 Å². The molecule has 0 aromatic heterocycles. The van der Waals surface area contributed by atoms with Gasteiger partial charge in [-0.3, -0.25) is 9.59 Å². The molecule has 0 saturated carbocycles. The van der Waals surface area contributed by atoms with Gasteiger partial charge in [0.15, 0.2) is 0 Å². The molecule has 0 radical (unpaired) electrons. The summed E-state index contributed by atoms with van der Waals surface area (Å²) in [6.07, 6.45) is 0. The summed E-state index contributed by atoms with van der Waals surface area (Å²) >= 11 is 0. The van der Waals surface area contributed by atoms with Crippen molar-refractivity contribution >= 4 is 23.2 Å². The Morgan fingerprint density at radius 1 is 0.697 bits per heavy atom. The maximum atomic E-state index is 13.0. The predicted octanol–water partition coefficient (Wildman–Crippen LogP) is 6.50. The first-order valence-electron chi connectivity index (χ1n) is 10.8. The van der Waals surface area contributed by atoms with Gasteiger partial charge >= 0.3 is 0 Å². The highest BCUT2D eigenvalue weighted by atomic mass is 16.2. The largest absolute Gasteiger partial charge is 0.322 e. The molecule has 4 aromatic rings. The number of aryl methyl sites for hydroxylation is 2. The highest BCUT2D eigenvalue weighted by Gasteiger charge is 2.15. The molecule has 0 fully saturated rings. The SMILES string of the molecule is Cc1ccc(-c2ccccc2C(=O)Nc2ccc(C(=O)N(C)c3ccc(C)cc3)cc2)cc1. The average molecular weight is 435 g/mol. The maximum absolute atomic E-state index is 13.0. The second-order valence-electron chi connectivity index (χ2n) is 8.14. The van der Waals surface area contributed by atoms with Gasteiger partial charge in [-0.1, -0.05) is 65.7 Å². The Morgan fingerprint density at radius 3 is 1.91 bits per heavy atom. The molecule has 0 spiro atoms. The molecule has 0 saturated heterocycles. The fraction of sp³-hybridized carbons (Fsp3) is 0.103. The van der Waals surface area contributed by atoms with Crippen molar-refractivity contribution in [3.05, 3.63) is 119 Å². The van der Waals surface area contributed by atoms with Crippen LogP contribution >= 0.6 is 0 Å². The zero-order valence-corrected chi connectivity index (χ0v) is 19.0. The summed E-state index contributed by atoms with van der Waals surface area (Å²) in [6.45, 7) is 4.05. The third-order valence-corrected chi connectivity index (χ3v) is 5.65. The average Bonchev–Trinajstić information content (AvgIpc) is 2.84. The molecule has 0 aliphatic heterocycles. The van der Waals surface area contributed by atoms with Crippen LogP contribution in [-0.4, -0.2) is 18.9 Å². The molecular weight excluding hydrogens is 408 g/mol. The Kier molecular flexibility index (Phi) is 6.36. The molecule has 0 bridgehead atoms. The normalized spacial score (nSPS) is 10.5. The van der Waals surface area contributed by atoms with Crippen LogP contribution in [0.4, 0.5) is 11.4 Å². The minimum atomic E-state index is -0.193. The van der Waals surface area contributed by atoms with E-state index in [0.29, 0.717) is 16.8 Å². The molecule has 4 aromatic carbocycles. The number of carbonyl (C=O) groups excluding carboxylic acids is 2. The molecule has 33 heavy (non-hydrogen) atoms. The number of hydrogen-bond acceptors (Lipinski definition) is 2. The fourth-order valence-corrected chi connectivity index (χ4v) is 3.64. The van der Waals surface area contributed by atoms with Crippen molar-refractivity contribution in [3.63, 3.8) is 0 Å². The van der Waals surface area contributed by atoms with Crippen LogP contribution in [0, 0.1) is 13.8 Å². The van der Waals surface area contributed by atoms with Crippen LogP contribution in [-0.2, 0) is 0 Å². The Morgan fingerprint density at radius 2 is 1.27 bits per heavy atom. The van der Waals surface area contributed by atoms with Crippen LogP contribution in [0.25, 0.3) is 11.1 Å². The van der Waals surface area contributed by atoms with E-state index in [0.717, 1.165) is 22.4 Å². The fourth-order valence-electron chi connectivity index (χ4n) is 3.64. The molecular formula is C29H26N2O2. The Bertz CT molecular complexity index is 1270. The van der Waals surface area contributed by atoms with Gasteiger partial charge in [-0.05, 0) is 67.4 Å². The zero-order valence-electron chi connectivity index (χ0n) is 19.0. The molecule has 0 heterocycles. The van der Waals surface area contributed by atoms with Gasteiger partial charge in [0.25, 0.3) is 11.8 Å². The Hall–Kier alpha value is -4.18. The molecule has 1 N–H and O–H groups in total. The lowest BCUT2D eigenvalue weighted by atomic mass is 9.98. The quantitative estimate of drug-likeness (QED) is 0.390. The number of carbonyl (C=O) groups is 2. The van der Waals surface area contributed by atoms with Crippen molar-refractivity contribution in [2.24, 2.45) is 0 Å². The smallest absolute Gasteiger partial charge is 0.258 e. The summed E-state index contributed by atoms with van der Waals surface area (Å²) in [6, 6.07) is 30.4. The summed E-state index contributed by atoms with van der Waals surface area (Å²) < 4.78 is 0. The lowest BCUT2D eigenvalue weighted by Crippen LogP contribution is -2.26. The summed E-state index contributed by atoms with van der Waals surface area (Å²) in [5.41, 5.74) is 6.79. The highest BCUT2D eigenvalue weighted by Crippen LogP contribution is 2.25. The number of anilines is 2. The second kappa shape index (κ2) is 9.53. The summed E-state index contributed by atoms with van der Waals surface area (Å²) in [5.74, 6) is -0.302. The van der Waals surface area contributed by atoms with Crippen LogP contribution in [0.2, 0.25) is 0 Å². The van der Waals surface area contributed by atoms with Crippen LogP contribution in [0.5, 0.6) is 0 Å². The van der Waals surface area contributed by atoms with Crippen molar-refractivity contribution < 1.29 is 9.59 Å². The van der Waals surface area contributed by atoms with Gasteiger partial charge in [0.05, 0.1) is 0 Å². The molecule has 0 aliphatic carbocycles. The van der Waals surface area contributed by atoms with E-state index >= 15 is 0 Å². The van der Waals surface area contributed by atoms with Crippen molar-refractivity contribution in [2.45, 2.75) is 13.8 Å². The Labute approximate surface area is 194 Å². The Balaban J connectivity index is 1.49. The summed E-state index contributed by atoms with van der Waals surface area (Å²) in [4.78, 5) is 27.5. The molecule has 164 valence electrons. The molecule has 4 rings (SSSR count). The first-order chi connectivity index (χ1) is 15.9. The second-order valence-corrected chi connectivity index (χ2v) is 8.14. The number of nitrogens with zero attached hydrogens (tertiary/aromatic N) is 1. The van der Waals surface area contributed by atoms with Gasteiger partial charge in [0.1, 0.15) is 0 Å². The van der Waals surface area contributed by atoms with Crippen LogP contribution in [0.3, 0.4) is 0 Å². The molecule has 0 aliphatic rings. The lowest BCUT2D eigenvalue weighted by molar-refractivity contribution is 0.0991. The molecule has 0 atom stereocenters. The van der Waals surface area contributed by atoms with Crippen molar-refractivity contribution in [3.8, 4) is 11.1 Å². The van der Waals surface area contributed by atoms with Crippen LogP contribution in [0.15, 0.2) is 97.1 Å². The van der Waals surface area contributed by atoms with E-state index in [1.54, 1.807) is 36.2 Å². The van der Waals surface area contributed by atoms with E-state index in [1.165, 1.54) is 5.56 Å². The van der Waals surface area contributed by atoms with E-state index in [1.807, 2.05) is 86.6 Å². The van der Waals surface area contributed by atoms with Crippen LogP contribution in [0.1, 0.15) is 31.8 Å². The highest BCUT2D eigenvalue weighted by molar-refractivity contribution is 6.09. The van der Waals surface area contributed by atoms with E-state index in [9.17, 15) is 9.59 Å². The number of nitrogens with one attached hydrogen (secondary N) is 1. The maximum Gasteiger partial charge on any atom is 0.258 e. The van der Waals surface area contributed by atoms with Gasteiger partial charge in [-0.25, -0.2) is 0 Å². The van der Waals surface area contributed by atoms with Crippen LogP contribution < -0.4 is 10.2 Å². The van der Waals surface area contributed by atoms with Crippen molar-refractivity contribution in [1.82, 2.24) is 0 Å². The summed E-state index contributed by atoms with van der Waals surface area (Å²) in [7, 11) is 1.75.